The van der Waals surface area contributed by atoms with E-state index in [9.17, 15) is 4.79 Å². The second-order valence-corrected chi connectivity index (χ2v) is 7.47. The van der Waals surface area contributed by atoms with Crippen LogP contribution in [0.4, 0.5) is 0 Å². The Labute approximate surface area is 152 Å². The van der Waals surface area contributed by atoms with Crippen molar-refractivity contribution in [2.75, 3.05) is 19.8 Å². The number of halogens is 1. The molecule has 1 aromatic heterocycles. The molecule has 2 heterocycles. The van der Waals surface area contributed by atoms with Crippen molar-refractivity contribution in [1.29, 1.82) is 0 Å². The van der Waals surface area contributed by atoms with Crippen LogP contribution in [0.5, 0.6) is 0 Å². The standard InChI is InChI=1S/C19H23ClN2O3/c1-19(2,14-3-5-15(20)6-4-14)12-21-17(23)16-11-25-18(22-16)13-7-9-24-10-8-13/h3-6,11,13H,7-10,12H2,1-2H3,(H,21,23). The SMILES string of the molecule is CC(C)(CNC(=O)c1coc(C2CCOCC2)n1)c1ccc(Cl)cc1. The Morgan fingerprint density at radius 2 is 1.96 bits per heavy atom. The number of aromatic nitrogens is 1. The molecule has 3 rings (SSSR count). The highest BCUT2D eigenvalue weighted by Crippen LogP contribution is 2.26. The van der Waals surface area contributed by atoms with Gasteiger partial charge in [0.2, 0.25) is 0 Å². The molecule has 1 amide bonds. The van der Waals surface area contributed by atoms with Crippen LogP contribution in [0.1, 0.15) is 54.5 Å². The van der Waals surface area contributed by atoms with E-state index < -0.39 is 0 Å². The van der Waals surface area contributed by atoms with E-state index in [4.69, 9.17) is 20.8 Å². The zero-order chi connectivity index (χ0) is 17.9. The molecule has 2 aromatic rings. The zero-order valence-electron chi connectivity index (χ0n) is 14.5. The smallest absolute Gasteiger partial charge is 0.273 e. The predicted octanol–water partition coefficient (Wildman–Crippen LogP) is 3.93. The quantitative estimate of drug-likeness (QED) is 0.875. The molecule has 25 heavy (non-hydrogen) atoms. The summed E-state index contributed by atoms with van der Waals surface area (Å²) >= 11 is 5.94. The van der Waals surface area contributed by atoms with E-state index in [0.29, 0.717) is 36.4 Å². The lowest BCUT2D eigenvalue weighted by Gasteiger charge is -2.25. The van der Waals surface area contributed by atoms with Crippen molar-refractivity contribution in [3.05, 3.63) is 52.7 Å². The molecule has 0 aliphatic carbocycles. The van der Waals surface area contributed by atoms with Gasteiger partial charge in [-0.3, -0.25) is 4.79 Å². The van der Waals surface area contributed by atoms with Crippen LogP contribution in [0.2, 0.25) is 5.02 Å². The van der Waals surface area contributed by atoms with Gasteiger partial charge in [-0.1, -0.05) is 37.6 Å². The second kappa shape index (κ2) is 7.58. The molecule has 0 unspecified atom stereocenters. The summed E-state index contributed by atoms with van der Waals surface area (Å²) in [7, 11) is 0. The Bertz CT molecular complexity index is 719. The number of hydrogen-bond acceptors (Lipinski definition) is 4. The van der Waals surface area contributed by atoms with E-state index >= 15 is 0 Å². The fourth-order valence-electron chi connectivity index (χ4n) is 2.92. The Balaban J connectivity index is 1.60. The monoisotopic (exact) mass is 362 g/mol. The number of ether oxygens (including phenoxy) is 1. The van der Waals surface area contributed by atoms with Gasteiger partial charge in [0, 0.05) is 36.1 Å². The van der Waals surface area contributed by atoms with E-state index in [-0.39, 0.29) is 17.2 Å². The number of carbonyl (C=O) groups is 1. The number of amides is 1. The maximum Gasteiger partial charge on any atom is 0.273 e. The molecule has 6 heteroatoms. The summed E-state index contributed by atoms with van der Waals surface area (Å²) in [5.74, 6) is 0.648. The van der Waals surface area contributed by atoms with Crippen molar-refractivity contribution < 1.29 is 13.9 Å². The molecule has 1 N–H and O–H groups in total. The van der Waals surface area contributed by atoms with Crippen LogP contribution in [-0.2, 0) is 10.2 Å². The minimum Gasteiger partial charge on any atom is -0.448 e. The largest absolute Gasteiger partial charge is 0.448 e. The van der Waals surface area contributed by atoms with Crippen molar-refractivity contribution in [2.45, 2.75) is 38.0 Å². The predicted molar refractivity (Wildman–Crippen MR) is 96.1 cm³/mol. The van der Waals surface area contributed by atoms with Crippen molar-refractivity contribution in [3.63, 3.8) is 0 Å². The van der Waals surface area contributed by atoms with Crippen LogP contribution >= 0.6 is 11.6 Å². The Hall–Kier alpha value is -1.85. The first-order chi connectivity index (χ1) is 12.0. The summed E-state index contributed by atoms with van der Waals surface area (Å²) in [5, 5.41) is 3.65. The molecule has 134 valence electrons. The lowest BCUT2D eigenvalue weighted by atomic mass is 9.84. The van der Waals surface area contributed by atoms with Crippen LogP contribution in [0, 0.1) is 0 Å². The molecular formula is C19H23ClN2O3. The molecule has 1 aromatic carbocycles. The number of oxazole rings is 1. The first kappa shape index (κ1) is 18.0. The van der Waals surface area contributed by atoms with Crippen LogP contribution in [0.15, 0.2) is 34.9 Å². The molecule has 0 radical (unpaired) electrons. The number of nitrogens with one attached hydrogen (secondary N) is 1. The van der Waals surface area contributed by atoms with Crippen LogP contribution in [0.3, 0.4) is 0 Å². The second-order valence-electron chi connectivity index (χ2n) is 7.03. The van der Waals surface area contributed by atoms with Gasteiger partial charge in [0.1, 0.15) is 6.26 Å². The summed E-state index contributed by atoms with van der Waals surface area (Å²) in [5.41, 5.74) is 1.22. The van der Waals surface area contributed by atoms with Gasteiger partial charge in [0.15, 0.2) is 11.6 Å². The molecule has 0 bridgehead atoms. The molecule has 1 aliphatic rings. The maximum atomic E-state index is 12.4. The van der Waals surface area contributed by atoms with Gasteiger partial charge in [-0.05, 0) is 30.5 Å². The lowest BCUT2D eigenvalue weighted by molar-refractivity contribution is 0.0794. The topological polar surface area (TPSA) is 64.4 Å². The molecule has 5 nitrogen and oxygen atoms in total. The highest BCUT2D eigenvalue weighted by atomic mass is 35.5. The molecule has 0 spiro atoms. The van der Waals surface area contributed by atoms with Crippen LogP contribution in [0.25, 0.3) is 0 Å². The third-order valence-electron chi connectivity index (χ3n) is 4.64. The molecule has 1 fully saturated rings. The average molecular weight is 363 g/mol. The highest BCUT2D eigenvalue weighted by molar-refractivity contribution is 6.30. The van der Waals surface area contributed by atoms with E-state index in [2.05, 4.69) is 24.1 Å². The number of nitrogens with zero attached hydrogens (tertiary/aromatic N) is 1. The third kappa shape index (κ3) is 4.41. The molecule has 1 aliphatic heterocycles. The van der Waals surface area contributed by atoms with E-state index in [0.717, 1.165) is 18.4 Å². The van der Waals surface area contributed by atoms with Gasteiger partial charge in [0.05, 0.1) is 0 Å². The first-order valence-electron chi connectivity index (χ1n) is 8.53. The Kier molecular flexibility index (Phi) is 5.45. The number of hydrogen-bond donors (Lipinski definition) is 1. The molecule has 1 saturated heterocycles. The fourth-order valence-corrected chi connectivity index (χ4v) is 3.04. The zero-order valence-corrected chi connectivity index (χ0v) is 15.3. The Morgan fingerprint density at radius 3 is 2.64 bits per heavy atom. The van der Waals surface area contributed by atoms with E-state index in [1.54, 1.807) is 0 Å². The first-order valence-corrected chi connectivity index (χ1v) is 8.91. The van der Waals surface area contributed by atoms with Crippen LogP contribution in [-0.4, -0.2) is 30.6 Å². The molecule has 0 atom stereocenters. The van der Waals surface area contributed by atoms with Gasteiger partial charge in [-0.25, -0.2) is 4.98 Å². The lowest BCUT2D eigenvalue weighted by Crippen LogP contribution is -2.36. The summed E-state index contributed by atoms with van der Waals surface area (Å²) < 4.78 is 10.9. The normalized spacial score (nSPS) is 16.0. The van der Waals surface area contributed by atoms with E-state index in [1.165, 1.54) is 6.26 Å². The minimum absolute atomic E-state index is 0.215. The van der Waals surface area contributed by atoms with Gasteiger partial charge >= 0.3 is 0 Å². The van der Waals surface area contributed by atoms with Gasteiger partial charge in [-0.2, -0.15) is 0 Å². The average Bonchev–Trinajstić information content (AvgIpc) is 3.11. The summed E-state index contributed by atoms with van der Waals surface area (Å²) in [6.45, 7) is 6.07. The van der Waals surface area contributed by atoms with Gasteiger partial charge in [0.25, 0.3) is 5.91 Å². The van der Waals surface area contributed by atoms with Crippen molar-refractivity contribution >= 4 is 17.5 Å². The number of benzene rings is 1. The van der Waals surface area contributed by atoms with Gasteiger partial charge < -0.3 is 14.5 Å². The minimum atomic E-state index is -0.218. The summed E-state index contributed by atoms with van der Waals surface area (Å²) in [4.78, 5) is 16.8. The van der Waals surface area contributed by atoms with Crippen LogP contribution < -0.4 is 5.32 Å². The van der Waals surface area contributed by atoms with Crippen molar-refractivity contribution in [3.8, 4) is 0 Å². The van der Waals surface area contributed by atoms with Crippen molar-refractivity contribution in [2.24, 2.45) is 0 Å². The summed E-state index contributed by atoms with van der Waals surface area (Å²) in [6.07, 6.45) is 3.20. The maximum absolute atomic E-state index is 12.4. The van der Waals surface area contributed by atoms with E-state index in [1.807, 2.05) is 24.3 Å². The third-order valence-corrected chi connectivity index (χ3v) is 4.89. The summed E-state index contributed by atoms with van der Waals surface area (Å²) in [6, 6.07) is 7.68. The molecule has 0 saturated carbocycles. The number of rotatable bonds is 5. The fraction of sp³-hybridized carbons (Fsp3) is 0.474. The Morgan fingerprint density at radius 1 is 1.28 bits per heavy atom. The van der Waals surface area contributed by atoms with Crippen molar-refractivity contribution in [1.82, 2.24) is 10.3 Å². The number of carbonyl (C=O) groups excluding carboxylic acids is 1. The molecular weight excluding hydrogens is 340 g/mol. The van der Waals surface area contributed by atoms with Gasteiger partial charge in [-0.15, -0.1) is 0 Å². The highest BCUT2D eigenvalue weighted by Gasteiger charge is 2.25.